The molecular formula is C25H44O4Si. The highest BCUT2D eigenvalue weighted by Crippen LogP contribution is 2.38. The van der Waals surface area contributed by atoms with Gasteiger partial charge in [0, 0.05) is 18.3 Å². The van der Waals surface area contributed by atoms with Gasteiger partial charge in [-0.1, -0.05) is 77.1 Å². The number of allylic oxidation sites excluding steroid dienone is 1. The number of rotatable bonds is 12. The van der Waals surface area contributed by atoms with Crippen molar-refractivity contribution in [2.45, 2.75) is 91.0 Å². The summed E-state index contributed by atoms with van der Waals surface area (Å²) in [5.41, 5.74) is 1.12. The predicted octanol–water partition coefficient (Wildman–Crippen LogP) is 5.55. The first-order valence-electron chi connectivity index (χ1n) is 11.2. The van der Waals surface area contributed by atoms with Crippen LogP contribution in [0.1, 0.15) is 53.5 Å². The van der Waals surface area contributed by atoms with Gasteiger partial charge in [-0.05, 0) is 30.6 Å². The van der Waals surface area contributed by atoms with E-state index < -0.39 is 20.5 Å². The lowest BCUT2D eigenvalue weighted by Gasteiger charge is -2.39. The van der Waals surface area contributed by atoms with E-state index in [1.165, 1.54) is 0 Å². The molecule has 0 heterocycles. The monoisotopic (exact) mass is 436 g/mol. The minimum absolute atomic E-state index is 0.0696. The fourth-order valence-electron chi connectivity index (χ4n) is 3.17. The van der Waals surface area contributed by atoms with Crippen molar-refractivity contribution in [3.05, 3.63) is 48.0 Å². The largest absolute Gasteiger partial charge is 0.410 e. The van der Waals surface area contributed by atoms with Crippen LogP contribution in [0.3, 0.4) is 0 Å². The van der Waals surface area contributed by atoms with Crippen molar-refractivity contribution in [1.82, 2.24) is 0 Å². The van der Waals surface area contributed by atoms with Crippen LogP contribution in [0.4, 0.5) is 0 Å². The summed E-state index contributed by atoms with van der Waals surface area (Å²) in [6.45, 7) is 17.9. The van der Waals surface area contributed by atoms with Gasteiger partial charge in [0.25, 0.3) is 0 Å². The summed E-state index contributed by atoms with van der Waals surface area (Å²) in [5.74, 6) is -0.337. The van der Waals surface area contributed by atoms with E-state index >= 15 is 0 Å². The Kier molecular flexibility index (Phi) is 11.0. The molecule has 0 unspecified atom stereocenters. The molecule has 0 amide bonds. The minimum atomic E-state index is -1.95. The van der Waals surface area contributed by atoms with Crippen LogP contribution < -0.4 is 0 Å². The van der Waals surface area contributed by atoms with Crippen molar-refractivity contribution in [3.8, 4) is 0 Å². The molecule has 0 spiro atoms. The molecule has 0 radical (unpaired) electrons. The summed E-state index contributed by atoms with van der Waals surface area (Å²) >= 11 is 0. The Balaban J connectivity index is 2.60. The molecule has 4 nitrogen and oxygen atoms in total. The number of aliphatic hydroxyl groups is 2. The zero-order valence-electron chi connectivity index (χ0n) is 20.3. The van der Waals surface area contributed by atoms with Crippen molar-refractivity contribution in [2.24, 2.45) is 11.8 Å². The minimum Gasteiger partial charge on any atom is -0.410 e. The average Bonchev–Trinajstić information content (AvgIpc) is 2.66. The molecule has 5 heteroatoms. The Hall–Kier alpha value is -0.983. The zero-order chi connectivity index (χ0) is 22.9. The lowest BCUT2D eigenvalue weighted by molar-refractivity contribution is -0.0425. The van der Waals surface area contributed by atoms with E-state index in [-0.39, 0.29) is 23.0 Å². The summed E-state index contributed by atoms with van der Waals surface area (Å²) in [5, 5.41) is 21.7. The fourth-order valence-corrected chi connectivity index (χ4v) is 4.46. The number of benzene rings is 1. The quantitative estimate of drug-likeness (QED) is 0.333. The summed E-state index contributed by atoms with van der Waals surface area (Å²) in [6, 6.07) is 10.0. The average molecular weight is 437 g/mol. The van der Waals surface area contributed by atoms with Crippen LogP contribution in [-0.4, -0.2) is 43.4 Å². The molecule has 2 N–H and O–H groups in total. The fraction of sp³-hybridized carbons (Fsp3) is 0.680. The van der Waals surface area contributed by atoms with Gasteiger partial charge in [0.2, 0.25) is 0 Å². The molecule has 0 aliphatic carbocycles. The maximum absolute atomic E-state index is 10.8. The van der Waals surface area contributed by atoms with Gasteiger partial charge in [0.1, 0.15) is 0 Å². The van der Waals surface area contributed by atoms with Crippen molar-refractivity contribution in [3.63, 3.8) is 0 Å². The Morgan fingerprint density at radius 1 is 1.07 bits per heavy atom. The van der Waals surface area contributed by atoms with E-state index in [4.69, 9.17) is 9.16 Å². The van der Waals surface area contributed by atoms with Crippen LogP contribution in [0.25, 0.3) is 0 Å². The molecule has 0 saturated heterocycles. The molecule has 172 valence electrons. The van der Waals surface area contributed by atoms with Gasteiger partial charge < -0.3 is 19.4 Å². The topological polar surface area (TPSA) is 58.9 Å². The Bertz CT molecular complexity index is 624. The highest BCUT2D eigenvalue weighted by molar-refractivity contribution is 6.74. The molecule has 0 fully saturated rings. The maximum Gasteiger partial charge on any atom is 0.192 e. The van der Waals surface area contributed by atoms with Crippen LogP contribution >= 0.6 is 0 Å². The van der Waals surface area contributed by atoms with Gasteiger partial charge in [-0.25, -0.2) is 0 Å². The van der Waals surface area contributed by atoms with Gasteiger partial charge in [-0.15, -0.1) is 0 Å². The second kappa shape index (κ2) is 12.2. The second-order valence-electron chi connectivity index (χ2n) is 10.1. The van der Waals surface area contributed by atoms with Gasteiger partial charge >= 0.3 is 0 Å². The standard InChI is InChI=1S/C25H44O4Si/c1-9-13-22(29-30(7,8)25(4,5)6)16-23(26)20(3)24(27)19(2)17-28-18-21-14-11-10-12-15-21/h9-15,19-20,22-24,26-27H,16-18H2,1-8H3/b13-9+/t19-,20-,22+,23-,24+/m1/s1. The van der Waals surface area contributed by atoms with E-state index in [0.29, 0.717) is 19.6 Å². The normalized spacial score (nSPS) is 18.2. The lowest BCUT2D eigenvalue weighted by Crippen LogP contribution is -2.45. The second-order valence-corrected chi connectivity index (χ2v) is 14.8. The van der Waals surface area contributed by atoms with Crippen LogP contribution in [0, 0.1) is 11.8 Å². The molecule has 1 rings (SSSR count). The predicted molar refractivity (Wildman–Crippen MR) is 128 cm³/mol. The van der Waals surface area contributed by atoms with Gasteiger partial charge in [0.05, 0.1) is 31.5 Å². The highest BCUT2D eigenvalue weighted by Gasteiger charge is 2.39. The van der Waals surface area contributed by atoms with Gasteiger partial charge in [0.15, 0.2) is 8.32 Å². The van der Waals surface area contributed by atoms with E-state index in [9.17, 15) is 10.2 Å². The Morgan fingerprint density at radius 2 is 1.67 bits per heavy atom. The number of ether oxygens (including phenoxy) is 1. The third-order valence-electron chi connectivity index (χ3n) is 6.35. The molecule has 0 aromatic heterocycles. The van der Waals surface area contributed by atoms with Crippen LogP contribution in [-0.2, 0) is 15.8 Å². The first-order valence-corrected chi connectivity index (χ1v) is 14.1. The number of aliphatic hydroxyl groups excluding tert-OH is 2. The van der Waals surface area contributed by atoms with Crippen LogP contribution in [0.2, 0.25) is 18.1 Å². The maximum atomic E-state index is 10.8. The summed E-state index contributed by atoms with van der Waals surface area (Å²) in [6.07, 6.45) is 3.04. The summed E-state index contributed by atoms with van der Waals surface area (Å²) < 4.78 is 12.3. The molecule has 30 heavy (non-hydrogen) atoms. The van der Waals surface area contributed by atoms with Crippen molar-refractivity contribution < 1.29 is 19.4 Å². The Morgan fingerprint density at radius 3 is 2.20 bits per heavy atom. The summed E-state index contributed by atoms with van der Waals surface area (Å²) in [4.78, 5) is 0. The van der Waals surface area contributed by atoms with E-state index in [1.807, 2.05) is 63.3 Å². The Labute approximate surface area is 185 Å². The molecule has 1 aromatic carbocycles. The van der Waals surface area contributed by atoms with Crippen LogP contribution in [0.15, 0.2) is 42.5 Å². The molecular weight excluding hydrogens is 392 g/mol. The number of hydrogen-bond acceptors (Lipinski definition) is 4. The first-order chi connectivity index (χ1) is 13.9. The van der Waals surface area contributed by atoms with Crippen molar-refractivity contribution in [1.29, 1.82) is 0 Å². The number of hydrogen-bond donors (Lipinski definition) is 2. The smallest absolute Gasteiger partial charge is 0.192 e. The van der Waals surface area contributed by atoms with Crippen molar-refractivity contribution >= 4 is 8.32 Å². The third-order valence-corrected chi connectivity index (χ3v) is 10.9. The first kappa shape index (κ1) is 27.1. The molecule has 0 aliphatic rings. The van der Waals surface area contributed by atoms with Crippen LogP contribution in [0.5, 0.6) is 0 Å². The molecule has 0 saturated carbocycles. The SMILES string of the molecule is C/C=C/[C@@H](C[C@@H](O)[C@@H](C)[C@@H](O)[C@H](C)COCc1ccccc1)O[Si](C)(C)C(C)(C)C. The third kappa shape index (κ3) is 8.64. The van der Waals surface area contributed by atoms with Gasteiger partial charge in [-0.3, -0.25) is 0 Å². The molecule has 0 aliphatic heterocycles. The summed E-state index contributed by atoms with van der Waals surface area (Å²) in [7, 11) is -1.95. The van der Waals surface area contributed by atoms with E-state index in [1.54, 1.807) is 0 Å². The molecule has 0 bridgehead atoms. The van der Waals surface area contributed by atoms with Gasteiger partial charge in [-0.2, -0.15) is 0 Å². The highest BCUT2D eigenvalue weighted by atomic mass is 28.4. The van der Waals surface area contributed by atoms with Crippen molar-refractivity contribution in [2.75, 3.05) is 6.61 Å². The van der Waals surface area contributed by atoms with E-state index in [2.05, 4.69) is 33.9 Å². The molecule has 5 atom stereocenters. The lowest BCUT2D eigenvalue weighted by atomic mass is 9.87. The van der Waals surface area contributed by atoms with E-state index in [0.717, 1.165) is 5.56 Å². The molecule has 1 aromatic rings. The zero-order valence-corrected chi connectivity index (χ0v) is 21.3.